The lowest BCUT2D eigenvalue weighted by atomic mass is 10.0. The van der Waals surface area contributed by atoms with E-state index in [0.717, 1.165) is 16.5 Å². The van der Waals surface area contributed by atoms with E-state index in [-0.39, 0.29) is 17.9 Å². The smallest absolute Gasteiger partial charge is 0.224 e. The van der Waals surface area contributed by atoms with E-state index in [0.29, 0.717) is 6.54 Å². The lowest BCUT2D eigenvalue weighted by Gasteiger charge is -2.20. The quantitative estimate of drug-likeness (QED) is 0.848. The van der Waals surface area contributed by atoms with Crippen molar-refractivity contribution in [2.75, 3.05) is 13.6 Å². The highest BCUT2D eigenvalue weighted by molar-refractivity contribution is 9.10. The standard InChI is InChI=1S/C14H21BrN2O/c1-4-13(11-5-7-12(15)8-6-11)17-14(18)10(2)9-16-3/h5-8,10,13,16H,4,9H2,1-3H3,(H,17,18). The molecule has 18 heavy (non-hydrogen) atoms. The predicted octanol–water partition coefficient (Wildman–Crippen LogP) is 2.87. The fourth-order valence-corrected chi connectivity index (χ4v) is 2.09. The van der Waals surface area contributed by atoms with Crippen molar-refractivity contribution in [2.24, 2.45) is 5.92 Å². The lowest BCUT2D eigenvalue weighted by Crippen LogP contribution is -2.36. The molecule has 0 radical (unpaired) electrons. The van der Waals surface area contributed by atoms with Crippen molar-refractivity contribution in [3.63, 3.8) is 0 Å². The summed E-state index contributed by atoms with van der Waals surface area (Å²) >= 11 is 3.42. The van der Waals surface area contributed by atoms with Crippen molar-refractivity contribution < 1.29 is 4.79 Å². The Morgan fingerprint density at radius 1 is 1.33 bits per heavy atom. The van der Waals surface area contributed by atoms with Crippen LogP contribution >= 0.6 is 15.9 Å². The summed E-state index contributed by atoms with van der Waals surface area (Å²) in [5, 5.41) is 6.11. The van der Waals surface area contributed by atoms with Crippen LogP contribution in [0.1, 0.15) is 31.9 Å². The molecule has 2 unspecified atom stereocenters. The van der Waals surface area contributed by atoms with Gasteiger partial charge in [0, 0.05) is 16.9 Å². The molecular weight excluding hydrogens is 292 g/mol. The zero-order valence-electron chi connectivity index (χ0n) is 11.2. The highest BCUT2D eigenvalue weighted by Crippen LogP contribution is 2.19. The highest BCUT2D eigenvalue weighted by atomic mass is 79.9. The van der Waals surface area contributed by atoms with Gasteiger partial charge in [-0.25, -0.2) is 0 Å². The Hall–Kier alpha value is -0.870. The Labute approximate surface area is 117 Å². The Kier molecular flexibility index (Phi) is 6.36. The molecule has 2 N–H and O–H groups in total. The third-order valence-corrected chi connectivity index (χ3v) is 3.48. The zero-order valence-corrected chi connectivity index (χ0v) is 12.8. The first-order valence-corrected chi connectivity index (χ1v) is 7.08. The minimum absolute atomic E-state index is 0.0144. The summed E-state index contributed by atoms with van der Waals surface area (Å²) < 4.78 is 1.05. The zero-order chi connectivity index (χ0) is 13.5. The second-order valence-electron chi connectivity index (χ2n) is 4.48. The molecule has 3 nitrogen and oxygen atoms in total. The first-order valence-electron chi connectivity index (χ1n) is 6.29. The van der Waals surface area contributed by atoms with Gasteiger partial charge in [-0.1, -0.05) is 41.9 Å². The van der Waals surface area contributed by atoms with E-state index in [9.17, 15) is 4.79 Å². The Morgan fingerprint density at radius 2 is 1.94 bits per heavy atom. The number of hydrogen-bond acceptors (Lipinski definition) is 2. The fraction of sp³-hybridized carbons (Fsp3) is 0.500. The summed E-state index contributed by atoms with van der Waals surface area (Å²) in [6, 6.07) is 8.18. The maximum atomic E-state index is 12.0. The van der Waals surface area contributed by atoms with Crippen molar-refractivity contribution in [3.05, 3.63) is 34.3 Å². The van der Waals surface area contributed by atoms with Gasteiger partial charge in [-0.15, -0.1) is 0 Å². The van der Waals surface area contributed by atoms with E-state index in [1.54, 1.807) is 0 Å². The molecule has 1 rings (SSSR count). The molecule has 1 amide bonds. The van der Waals surface area contributed by atoms with Gasteiger partial charge in [0.2, 0.25) is 5.91 Å². The summed E-state index contributed by atoms with van der Waals surface area (Å²) in [4.78, 5) is 12.0. The minimum atomic E-state index is -0.0144. The molecular formula is C14H21BrN2O. The summed E-state index contributed by atoms with van der Waals surface area (Å²) in [5.41, 5.74) is 1.14. The molecule has 0 bridgehead atoms. The van der Waals surface area contributed by atoms with Crippen molar-refractivity contribution in [1.29, 1.82) is 0 Å². The van der Waals surface area contributed by atoms with Crippen LogP contribution in [0.3, 0.4) is 0 Å². The van der Waals surface area contributed by atoms with Crippen molar-refractivity contribution >= 4 is 21.8 Å². The summed E-state index contributed by atoms with van der Waals surface area (Å²) in [5.74, 6) is 0.0821. The molecule has 2 atom stereocenters. The van der Waals surface area contributed by atoms with Crippen LogP contribution in [0.5, 0.6) is 0 Å². The first kappa shape index (κ1) is 15.2. The van der Waals surface area contributed by atoms with Gasteiger partial charge < -0.3 is 10.6 Å². The Balaban J connectivity index is 2.67. The Bertz CT molecular complexity index is 378. The van der Waals surface area contributed by atoms with Crippen molar-refractivity contribution in [1.82, 2.24) is 10.6 Å². The van der Waals surface area contributed by atoms with Crippen molar-refractivity contribution in [2.45, 2.75) is 26.3 Å². The number of carbonyl (C=O) groups is 1. The fourth-order valence-electron chi connectivity index (χ4n) is 1.83. The van der Waals surface area contributed by atoms with Crippen LogP contribution in [0.15, 0.2) is 28.7 Å². The van der Waals surface area contributed by atoms with Gasteiger partial charge in [-0.05, 0) is 31.2 Å². The third-order valence-electron chi connectivity index (χ3n) is 2.96. The number of benzene rings is 1. The molecule has 0 spiro atoms. The molecule has 100 valence electrons. The number of carbonyl (C=O) groups excluding carboxylic acids is 1. The topological polar surface area (TPSA) is 41.1 Å². The average molecular weight is 313 g/mol. The van der Waals surface area contributed by atoms with Crippen LogP contribution < -0.4 is 10.6 Å². The number of halogens is 1. The second kappa shape index (κ2) is 7.54. The molecule has 0 fully saturated rings. The highest BCUT2D eigenvalue weighted by Gasteiger charge is 2.17. The maximum absolute atomic E-state index is 12.0. The second-order valence-corrected chi connectivity index (χ2v) is 5.40. The molecule has 0 saturated carbocycles. The van der Waals surface area contributed by atoms with E-state index in [1.807, 2.05) is 38.2 Å². The molecule has 0 heterocycles. The van der Waals surface area contributed by atoms with Gasteiger partial charge >= 0.3 is 0 Å². The van der Waals surface area contributed by atoms with E-state index >= 15 is 0 Å². The predicted molar refractivity (Wildman–Crippen MR) is 78.4 cm³/mol. The van der Waals surface area contributed by atoms with E-state index in [4.69, 9.17) is 0 Å². The normalized spacial score (nSPS) is 14.0. The van der Waals surface area contributed by atoms with Gasteiger partial charge in [0.15, 0.2) is 0 Å². The van der Waals surface area contributed by atoms with Crippen LogP contribution in [0.2, 0.25) is 0 Å². The largest absolute Gasteiger partial charge is 0.349 e. The molecule has 4 heteroatoms. The van der Waals surface area contributed by atoms with Crippen LogP contribution in [0.25, 0.3) is 0 Å². The number of amides is 1. The third kappa shape index (κ3) is 4.42. The maximum Gasteiger partial charge on any atom is 0.224 e. The number of hydrogen-bond donors (Lipinski definition) is 2. The minimum Gasteiger partial charge on any atom is -0.349 e. The van der Waals surface area contributed by atoms with Crippen molar-refractivity contribution in [3.8, 4) is 0 Å². The van der Waals surface area contributed by atoms with Crippen LogP contribution in [-0.4, -0.2) is 19.5 Å². The van der Waals surface area contributed by atoms with E-state index in [1.165, 1.54) is 0 Å². The molecule has 0 aromatic heterocycles. The SMILES string of the molecule is CCC(NC(=O)C(C)CNC)c1ccc(Br)cc1. The molecule has 0 saturated heterocycles. The van der Waals surface area contributed by atoms with Gasteiger partial charge in [-0.3, -0.25) is 4.79 Å². The van der Waals surface area contributed by atoms with Gasteiger partial charge in [0.1, 0.15) is 0 Å². The van der Waals surface area contributed by atoms with E-state index < -0.39 is 0 Å². The monoisotopic (exact) mass is 312 g/mol. The average Bonchev–Trinajstić information content (AvgIpc) is 2.37. The summed E-state index contributed by atoms with van der Waals surface area (Å²) in [6.45, 7) is 4.71. The van der Waals surface area contributed by atoms with Crippen LogP contribution in [0, 0.1) is 5.92 Å². The summed E-state index contributed by atoms with van der Waals surface area (Å²) in [7, 11) is 1.86. The molecule has 1 aromatic rings. The summed E-state index contributed by atoms with van der Waals surface area (Å²) in [6.07, 6.45) is 0.889. The van der Waals surface area contributed by atoms with Crippen LogP contribution in [-0.2, 0) is 4.79 Å². The molecule has 0 aliphatic rings. The Morgan fingerprint density at radius 3 is 2.44 bits per heavy atom. The number of rotatable bonds is 6. The first-order chi connectivity index (χ1) is 8.58. The lowest BCUT2D eigenvalue weighted by molar-refractivity contribution is -0.125. The van der Waals surface area contributed by atoms with Crippen LogP contribution in [0.4, 0.5) is 0 Å². The van der Waals surface area contributed by atoms with Gasteiger partial charge in [0.25, 0.3) is 0 Å². The van der Waals surface area contributed by atoms with E-state index in [2.05, 4.69) is 33.5 Å². The number of nitrogens with one attached hydrogen (secondary N) is 2. The van der Waals surface area contributed by atoms with Gasteiger partial charge in [0.05, 0.1) is 6.04 Å². The molecule has 0 aliphatic heterocycles. The van der Waals surface area contributed by atoms with Gasteiger partial charge in [-0.2, -0.15) is 0 Å². The molecule has 1 aromatic carbocycles. The molecule has 0 aliphatic carbocycles.